The number of alkyl halides is 1. The molecule has 0 saturated heterocycles. The van der Waals surface area contributed by atoms with Gasteiger partial charge in [-0.05, 0) is 82.8 Å². The zero-order valence-electron chi connectivity index (χ0n) is 19.7. The summed E-state index contributed by atoms with van der Waals surface area (Å²) in [6.07, 6.45) is 13.2. The molecule has 1 aliphatic carbocycles. The van der Waals surface area contributed by atoms with Crippen LogP contribution < -0.4 is 5.32 Å². The number of unbranched alkanes of at least 4 members (excludes halogenated alkanes) is 5. The van der Waals surface area contributed by atoms with E-state index in [2.05, 4.69) is 24.2 Å². The Balaban J connectivity index is 1.48. The number of nitrogens with zero attached hydrogens (tertiary/aromatic N) is 1. The number of amides is 1. The van der Waals surface area contributed by atoms with Gasteiger partial charge in [0.1, 0.15) is 6.67 Å². The topological polar surface area (TPSA) is 41.6 Å². The van der Waals surface area contributed by atoms with Crippen LogP contribution >= 0.6 is 0 Å². The highest BCUT2D eigenvalue weighted by Gasteiger charge is 2.23. The Hall–Kier alpha value is -1.46. The van der Waals surface area contributed by atoms with Crippen molar-refractivity contribution in [3.63, 3.8) is 0 Å². The summed E-state index contributed by atoms with van der Waals surface area (Å²) < 4.78 is 18.7. The highest BCUT2D eigenvalue weighted by Crippen LogP contribution is 2.22. The second-order valence-electron chi connectivity index (χ2n) is 9.07. The first kappa shape index (κ1) is 25.8. The normalized spacial score (nSPS) is 19.0. The molecule has 0 aromatic heterocycles. The van der Waals surface area contributed by atoms with Crippen LogP contribution in [-0.4, -0.2) is 49.7 Å². The molecule has 0 unspecified atom stereocenters. The molecule has 0 radical (unpaired) electrons. The van der Waals surface area contributed by atoms with Crippen LogP contribution in [0, 0.1) is 0 Å². The van der Waals surface area contributed by atoms with E-state index >= 15 is 0 Å². The molecule has 1 aromatic carbocycles. The fourth-order valence-electron chi connectivity index (χ4n) is 4.22. The van der Waals surface area contributed by atoms with Gasteiger partial charge >= 0.3 is 0 Å². The Kier molecular flexibility index (Phi) is 12.8. The summed E-state index contributed by atoms with van der Waals surface area (Å²) in [7, 11) is 2.24. The average molecular weight is 435 g/mol. The van der Waals surface area contributed by atoms with E-state index in [1.165, 1.54) is 51.6 Å². The Labute approximate surface area is 188 Å². The van der Waals surface area contributed by atoms with Crippen LogP contribution in [0.3, 0.4) is 0 Å². The molecule has 176 valence electrons. The average Bonchev–Trinajstić information content (AvgIpc) is 2.79. The number of hydrogen-bond acceptors (Lipinski definition) is 3. The molecule has 4 nitrogen and oxygen atoms in total. The highest BCUT2D eigenvalue weighted by atomic mass is 19.1. The third-order valence-electron chi connectivity index (χ3n) is 6.31. The molecule has 1 saturated carbocycles. The van der Waals surface area contributed by atoms with Gasteiger partial charge < -0.3 is 15.0 Å². The molecule has 1 aromatic rings. The van der Waals surface area contributed by atoms with E-state index in [9.17, 15) is 9.18 Å². The van der Waals surface area contributed by atoms with E-state index in [-0.39, 0.29) is 11.9 Å². The second-order valence-corrected chi connectivity index (χ2v) is 9.07. The minimum Gasteiger partial charge on any atom is -0.378 e. The molecular formula is C26H43FN2O2. The van der Waals surface area contributed by atoms with Crippen LogP contribution in [0.25, 0.3) is 0 Å². The third-order valence-corrected chi connectivity index (χ3v) is 6.31. The van der Waals surface area contributed by atoms with Crippen molar-refractivity contribution in [3.8, 4) is 0 Å². The summed E-state index contributed by atoms with van der Waals surface area (Å²) in [5.74, 6) is -0.0641. The lowest BCUT2D eigenvalue weighted by atomic mass is 9.92. The van der Waals surface area contributed by atoms with Gasteiger partial charge in [0.05, 0.1) is 6.10 Å². The zero-order chi connectivity index (χ0) is 22.3. The Bertz CT molecular complexity index is 600. The minimum absolute atomic E-state index is 0.0641. The van der Waals surface area contributed by atoms with Crippen molar-refractivity contribution in [3.05, 3.63) is 35.4 Å². The van der Waals surface area contributed by atoms with Crippen molar-refractivity contribution >= 4 is 5.91 Å². The first-order valence-corrected chi connectivity index (χ1v) is 12.4. The fourth-order valence-corrected chi connectivity index (χ4v) is 4.22. The largest absolute Gasteiger partial charge is 0.378 e. The molecule has 1 amide bonds. The number of rotatable bonds is 15. The molecule has 31 heavy (non-hydrogen) atoms. The van der Waals surface area contributed by atoms with Crippen molar-refractivity contribution in [1.29, 1.82) is 0 Å². The van der Waals surface area contributed by atoms with E-state index in [0.29, 0.717) is 17.2 Å². The summed E-state index contributed by atoms with van der Waals surface area (Å²) >= 11 is 0. The van der Waals surface area contributed by atoms with Crippen LogP contribution in [-0.2, 0) is 11.4 Å². The minimum atomic E-state index is -0.498. The van der Waals surface area contributed by atoms with Crippen LogP contribution in [0.4, 0.5) is 4.39 Å². The van der Waals surface area contributed by atoms with Crippen molar-refractivity contribution in [2.75, 3.05) is 26.7 Å². The highest BCUT2D eigenvalue weighted by molar-refractivity contribution is 5.94. The van der Waals surface area contributed by atoms with Gasteiger partial charge in [-0.2, -0.15) is 0 Å². The first-order valence-electron chi connectivity index (χ1n) is 12.4. The maximum Gasteiger partial charge on any atom is 0.251 e. The number of ether oxygens (including phenoxy) is 1. The second kappa shape index (κ2) is 15.4. The molecule has 0 bridgehead atoms. The zero-order valence-corrected chi connectivity index (χ0v) is 19.7. The van der Waals surface area contributed by atoms with Gasteiger partial charge in [-0.25, -0.2) is 4.39 Å². The van der Waals surface area contributed by atoms with E-state index in [0.717, 1.165) is 38.7 Å². The van der Waals surface area contributed by atoms with E-state index in [4.69, 9.17) is 4.74 Å². The summed E-state index contributed by atoms with van der Waals surface area (Å²) in [5, 5.41) is 3.12. The smallest absolute Gasteiger partial charge is 0.251 e. The maximum atomic E-state index is 12.6. The fraction of sp³-hybridized carbons (Fsp3) is 0.731. The molecule has 1 N–H and O–H groups in total. The van der Waals surface area contributed by atoms with Gasteiger partial charge in [-0.15, -0.1) is 0 Å². The van der Waals surface area contributed by atoms with Crippen LogP contribution in [0.5, 0.6) is 0 Å². The van der Waals surface area contributed by atoms with Crippen molar-refractivity contribution in [2.24, 2.45) is 0 Å². The predicted octanol–water partition coefficient (Wildman–Crippen LogP) is 5.90. The molecule has 0 atom stereocenters. The molecule has 1 fully saturated rings. The van der Waals surface area contributed by atoms with Gasteiger partial charge in [-0.1, -0.05) is 44.7 Å². The van der Waals surface area contributed by atoms with Crippen molar-refractivity contribution in [1.82, 2.24) is 10.2 Å². The van der Waals surface area contributed by atoms with Gasteiger partial charge in [0, 0.05) is 18.2 Å². The predicted molar refractivity (Wildman–Crippen MR) is 126 cm³/mol. The summed E-state index contributed by atoms with van der Waals surface area (Å²) in [6.45, 7) is 5.05. The van der Waals surface area contributed by atoms with Crippen LogP contribution in [0.1, 0.15) is 93.5 Å². The molecule has 5 heteroatoms. The van der Waals surface area contributed by atoms with E-state index in [1.54, 1.807) is 24.3 Å². The number of halogens is 1. The number of hydrogen-bond donors (Lipinski definition) is 1. The molecular weight excluding hydrogens is 391 g/mol. The van der Waals surface area contributed by atoms with Gasteiger partial charge in [0.15, 0.2) is 0 Å². The standard InChI is InChI=1S/C26H43FN2O2/c1-3-4-7-18-29(2)19-8-5-6-9-20-31-25-16-14-24(15-17-25)28-26(30)23-12-10-22(21-27)11-13-23/h10-13,24-25H,3-9,14-21H2,1-2H3,(H,28,30). The third kappa shape index (κ3) is 10.6. The van der Waals surface area contributed by atoms with E-state index < -0.39 is 6.67 Å². The maximum absolute atomic E-state index is 12.6. The molecule has 1 aliphatic rings. The lowest BCUT2D eigenvalue weighted by Gasteiger charge is -2.29. The lowest BCUT2D eigenvalue weighted by molar-refractivity contribution is 0.0203. The van der Waals surface area contributed by atoms with Gasteiger partial charge in [0.25, 0.3) is 5.91 Å². The van der Waals surface area contributed by atoms with Crippen LogP contribution in [0.15, 0.2) is 24.3 Å². The Morgan fingerprint density at radius 2 is 1.65 bits per heavy atom. The number of benzene rings is 1. The number of nitrogens with one attached hydrogen (secondary N) is 1. The van der Waals surface area contributed by atoms with Crippen molar-refractivity contribution in [2.45, 2.75) is 96.4 Å². The Morgan fingerprint density at radius 1 is 1.00 bits per heavy atom. The molecule has 0 aliphatic heterocycles. The van der Waals surface area contributed by atoms with Crippen molar-refractivity contribution < 1.29 is 13.9 Å². The number of carbonyl (C=O) groups excluding carboxylic acids is 1. The summed E-state index contributed by atoms with van der Waals surface area (Å²) in [5.41, 5.74) is 1.20. The van der Waals surface area contributed by atoms with Gasteiger partial charge in [-0.3, -0.25) is 4.79 Å². The summed E-state index contributed by atoms with van der Waals surface area (Å²) in [4.78, 5) is 14.8. The first-order chi connectivity index (χ1) is 15.1. The molecule has 0 heterocycles. The quantitative estimate of drug-likeness (QED) is 0.350. The van der Waals surface area contributed by atoms with E-state index in [1.807, 2.05) is 0 Å². The molecule has 0 spiro atoms. The molecule has 2 rings (SSSR count). The number of carbonyl (C=O) groups is 1. The lowest BCUT2D eigenvalue weighted by Crippen LogP contribution is -2.39. The van der Waals surface area contributed by atoms with Gasteiger partial charge in [0.2, 0.25) is 0 Å². The Morgan fingerprint density at radius 3 is 2.29 bits per heavy atom. The monoisotopic (exact) mass is 434 g/mol. The SMILES string of the molecule is CCCCCN(C)CCCCCCOC1CCC(NC(=O)c2ccc(CF)cc2)CC1. The summed E-state index contributed by atoms with van der Waals surface area (Å²) in [6, 6.07) is 6.95. The van der Waals surface area contributed by atoms with Crippen LogP contribution in [0.2, 0.25) is 0 Å².